The molecular weight excluding hydrogens is 292 g/mol. The van der Waals surface area contributed by atoms with Crippen LogP contribution in [0, 0.1) is 0 Å². The van der Waals surface area contributed by atoms with Crippen LogP contribution in [0.5, 0.6) is 0 Å². The fourth-order valence-corrected chi connectivity index (χ4v) is 3.14. The van der Waals surface area contributed by atoms with Crippen molar-refractivity contribution in [3.05, 3.63) is 21.4 Å². The first-order valence-corrected chi connectivity index (χ1v) is 6.50. The molecule has 0 bridgehead atoms. The lowest BCUT2D eigenvalue weighted by atomic mass is 9.82. The molecular formula is C11H14O8S. The third-order valence-electron chi connectivity index (χ3n) is 3.11. The molecule has 0 saturated heterocycles. The summed E-state index contributed by atoms with van der Waals surface area (Å²) < 4.78 is 4.74. The molecule has 9 heteroatoms. The van der Waals surface area contributed by atoms with E-state index in [1.807, 2.05) is 0 Å². The number of rotatable bonds is 2. The zero-order valence-electron chi connectivity index (χ0n) is 10.4. The van der Waals surface area contributed by atoms with E-state index in [0.717, 1.165) is 17.4 Å². The second-order valence-electron chi connectivity index (χ2n) is 4.51. The van der Waals surface area contributed by atoms with Crippen LogP contribution in [-0.4, -0.2) is 54.8 Å². The molecule has 8 nitrogen and oxygen atoms in total. The van der Waals surface area contributed by atoms with Crippen LogP contribution in [0.25, 0.3) is 0 Å². The highest BCUT2D eigenvalue weighted by Gasteiger charge is 2.66. The second kappa shape index (κ2) is 4.46. The van der Waals surface area contributed by atoms with Gasteiger partial charge in [-0.3, -0.25) is 0 Å². The average Bonchev–Trinajstić information content (AvgIpc) is 2.71. The van der Waals surface area contributed by atoms with E-state index in [9.17, 15) is 35.4 Å². The van der Waals surface area contributed by atoms with Crippen molar-refractivity contribution in [3.8, 4) is 0 Å². The molecule has 0 aliphatic heterocycles. The van der Waals surface area contributed by atoms with Gasteiger partial charge in [0.25, 0.3) is 11.6 Å². The van der Waals surface area contributed by atoms with Gasteiger partial charge < -0.3 is 35.4 Å². The predicted octanol–water partition coefficient (Wildman–Crippen LogP) is -2.02. The van der Waals surface area contributed by atoms with Crippen molar-refractivity contribution in [2.45, 2.75) is 30.7 Å². The van der Waals surface area contributed by atoms with Gasteiger partial charge in [0, 0.05) is 16.9 Å². The van der Waals surface area contributed by atoms with Gasteiger partial charge in [-0.25, -0.2) is 4.79 Å². The van der Waals surface area contributed by atoms with E-state index in [1.54, 1.807) is 6.92 Å². The first kappa shape index (κ1) is 15.3. The molecule has 1 aliphatic rings. The number of hydrogen-bond acceptors (Lipinski definition) is 9. The van der Waals surface area contributed by atoms with E-state index in [0.29, 0.717) is 0 Å². The van der Waals surface area contributed by atoms with Crippen molar-refractivity contribution in [3.63, 3.8) is 0 Å². The monoisotopic (exact) mass is 306 g/mol. The molecule has 0 radical (unpaired) electrons. The Morgan fingerprint density at radius 3 is 2.45 bits per heavy atom. The number of carbonyl (C=O) groups is 1. The Morgan fingerprint density at radius 2 is 1.90 bits per heavy atom. The van der Waals surface area contributed by atoms with E-state index in [1.165, 1.54) is 0 Å². The fraction of sp³-hybridized carbons (Fsp3) is 0.545. The van der Waals surface area contributed by atoms with Crippen molar-refractivity contribution in [2.24, 2.45) is 0 Å². The number of thiophene rings is 1. The van der Waals surface area contributed by atoms with Crippen molar-refractivity contribution >= 4 is 17.3 Å². The lowest BCUT2D eigenvalue weighted by Gasteiger charge is -2.46. The summed E-state index contributed by atoms with van der Waals surface area (Å²) in [4.78, 5) is 11.6. The summed E-state index contributed by atoms with van der Waals surface area (Å²) in [6, 6.07) is 1.02. The number of carbonyl (C=O) groups excluding carboxylic acids is 1. The summed E-state index contributed by atoms with van der Waals surface area (Å²) in [6.07, 6.45) is -0.678. The van der Waals surface area contributed by atoms with E-state index in [-0.39, 0.29) is 21.9 Å². The molecule has 1 aromatic heterocycles. The summed E-state index contributed by atoms with van der Waals surface area (Å²) in [5.41, 5.74) is -0.380. The molecule has 6 N–H and O–H groups in total. The fourth-order valence-electron chi connectivity index (χ4n) is 1.97. The molecule has 2 rings (SSSR count). The van der Waals surface area contributed by atoms with Gasteiger partial charge in [-0.05, 0) is 13.0 Å². The summed E-state index contributed by atoms with van der Waals surface area (Å²) >= 11 is 0.752. The highest BCUT2D eigenvalue weighted by molar-refractivity contribution is 7.14. The van der Waals surface area contributed by atoms with Gasteiger partial charge in [0.2, 0.25) is 5.79 Å². The molecule has 1 heterocycles. The average molecular weight is 306 g/mol. The van der Waals surface area contributed by atoms with Gasteiger partial charge in [-0.15, -0.1) is 11.3 Å². The van der Waals surface area contributed by atoms with Gasteiger partial charge in [-0.2, -0.15) is 0 Å². The van der Waals surface area contributed by atoms with Crippen LogP contribution in [0.2, 0.25) is 0 Å². The summed E-state index contributed by atoms with van der Waals surface area (Å²) in [6.45, 7) is 1.70. The van der Waals surface area contributed by atoms with Crippen molar-refractivity contribution < 1.29 is 40.2 Å². The first-order valence-electron chi connectivity index (χ1n) is 5.69. The topological polar surface area (TPSA) is 148 Å². The van der Waals surface area contributed by atoms with Crippen LogP contribution in [0.15, 0.2) is 6.07 Å². The van der Waals surface area contributed by atoms with Crippen LogP contribution in [0.4, 0.5) is 0 Å². The third-order valence-corrected chi connectivity index (χ3v) is 4.23. The van der Waals surface area contributed by atoms with Gasteiger partial charge in [-0.1, -0.05) is 0 Å². The van der Waals surface area contributed by atoms with Crippen molar-refractivity contribution in [1.82, 2.24) is 0 Å². The number of fused-ring (bicyclic) bond motifs is 1. The van der Waals surface area contributed by atoms with Gasteiger partial charge in [0.15, 0.2) is 0 Å². The van der Waals surface area contributed by atoms with E-state index < -0.39 is 29.8 Å². The smallest absolute Gasteiger partial charge is 0.348 e. The van der Waals surface area contributed by atoms with Crippen LogP contribution in [-0.2, 0) is 16.9 Å². The predicted molar refractivity (Wildman–Crippen MR) is 64.4 cm³/mol. The Balaban J connectivity index is 2.53. The number of hydrogen-bond donors (Lipinski definition) is 6. The Morgan fingerprint density at radius 1 is 1.30 bits per heavy atom. The maximum absolute atomic E-state index is 11.6. The minimum atomic E-state index is -3.61. The van der Waals surface area contributed by atoms with Crippen LogP contribution in [0.3, 0.4) is 0 Å². The van der Waals surface area contributed by atoms with Crippen molar-refractivity contribution in [2.75, 3.05) is 6.61 Å². The molecule has 0 saturated carbocycles. The largest absolute Gasteiger partial charge is 0.462 e. The minimum Gasteiger partial charge on any atom is -0.462 e. The molecule has 0 fully saturated rings. The zero-order valence-corrected chi connectivity index (χ0v) is 11.2. The van der Waals surface area contributed by atoms with Gasteiger partial charge in [0.05, 0.1) is 6.61 Å². The standard InChI is InChI=1S/C11H14O8S/c1-2-19-8(12)6-3-5-7(20-6)4-9(13,14)11(17,18)10(5,15)16/h3,13-18H,2,4H2,1H3. The normalized spacial score (nSPS) is 22.1. The molecule has 20 heavy (non-hydrogen) atoms. The van der Waals surface area contributed by atoms with Crippen LogP contribution in [0.1, 0.15) is 27.0 Å². The highest BCUT2D eigenvalue weighted by Crippen LogP contribution is 2.46. The summed E-state index contributed by atoms with van der Waals surface area (Å²) in [5, 5.41) is 57.9. The third kappa shape index (κ3) is 1.95. The minimum absolute atomic E-state index is 0.0159. The Labute approximate surface area is 117 Å². The summed E-state index contributed by atoms with van der Waals surface area (Å²) in [5.74, 6) is -10.9. The zero-order chi connectivity index (χ0) is 15.3. The number of esters is 1. The Hall–Kier alpha value is -1.07. The molecule has 0 spiro atoms. The van der Waals surface area contributed by atoms with Crippen LogP contribution < -0.4 is 0 Å². The summed E-state index contributed by atoms with van der Waals surface area (Å²) in [7, 11) is 0. The SMILES string of the molecule is CCOC(=O)c1cc2c(s1)CC(O)(O)C(O)(O)C2(O)O. The molecule has 1 aliphatic carbocycles. The van der Waals surface area contributed by atoms with E-state index in [2.05, 4.69) is 0 Å². The molecule has 0 unspecified atom stereocenters. The molecule has 0 aromatic carbocycles. The lowest BCUT2D eigenvalue weighted by molar-refractivity contribution is -0.463. The van der Waals surface area contributed by atoms with Gasteiger partial charge >= 0.3 is 5.97 Å². The maximum Gasteiger partial charge on any atom is 0.348 e. The second-order valence-corrected chi connectivity index (χ2v) is 5.64. The quantitative estimate of drug-likeness (QED) is 0.271. The highest BCUT2D eigenvalue weighted by atomic mass is 32.1. The number of ether oxygens (including phenoxy) is 1. The Kier molecular flexibility index (Phi) is 3.42. The molecule has 0 amide bonds. The molecule has 112 valence electrons. The van der Waals surface area contributed by atoms with E-state index in [4.69, 9.17) is 4.74 Å². The maximum atomic E-state index is 11.6. The van der Waals surface area contributed by atoms with Crippen LogP contribution >= 0.6 is 11.3 Å². The Bertz CT molecular complexity index is 545. The van der Waals surface area contributed by atoms with E-state index >= 15 is 0 Å². The number of aliphatic hydroxyl groups is 6. The van der Waals surface area contributed by atoms with Gasteiger partial charge in [0.1, 0.15) is 4.88 Å². The molecule has 0 atom stereocenters. The van der Waals surface area contributed by atoms with Crippen molar-refractivity contribution in [1.29, 1.82) is 0 Å². The molecule has 1 aromatic rings. The first-order chi connectivity index (χ1) is 9.04. The lowest BCUT2D eigenvalue weighted by Crippen LogP contribution is -2.69.